The summed E-state index contributed by atoms with van der Waals surface area (Å²) in [5, 5.41) is 18.6. The summed E-state index contributed by atoms with van der Waals surface area (Å²) in [6.07, 6.45) is -3.41. The van der Waals surface area contributed by atoms with Crippen molar-refractivity contribution in [2.45, 2.75) is 38.1 Å². The van der Waals surface area contributed by atoms with Crippen LogP contribution in [-0.2, 0) is 11.8 Å². The van der Waals surface area contributed by atoms with E-state index in [1.54, 1.807) is 6.07 Å². The summed E-state index contributed by atoms with van der Waals surface area (Å²) in [5.74, 6) is -1.55. The van der Waals surface area contributed by atoms with E-state index in [2.05, 4.69) is 30.7 Å². The molecular formula is C27H30ClF4N7O3. The first-order valence-corrected chi connectivity index (χ1v) is 13.2. The molecule has 1 atom stereocenters. The second-order valence-electron chi connectivity index (χ2n) is 10.6. The summed E-state index contributed by atoms with van der Waals surface area (Å²) in [5.41, 5.74) is -2.18. The lowest BCUT2D eigenvalue weighted by Crippen LogP contribution is -2.31. The lowest BCUT2D eigenvalue weighted by molar-refractivity contribution is -0.137. The van der Waals surface area contributed by atoms with Gasteiger partial charge in [0.05, 0.1) is 29.1 Å². The van der Waals surface area contributed by atoms with Gasteiger partial charge in [-0.05, 0) is 57.7 Å². The van der Waals surface area contributed by atoms with Gasteiger partial charge in [0.2, 0.25) is 5.95 Å². The number of benzene rings is 2. The Morgan fingerprint density at radius 3 is 2.43 bits per heavy atom. The molecule has 1 aromatic heterocycles. The molecule has 1 aliphatic heterocycles. The Labute approximate surface area is 244 Å². The summed E-state index contributed by atoms with van der Waals surface area (Å²) in [4.78, 5) is 23.7. The maximum atomic E-state index is 14.2. The Bertz CT molecular complexity index is 1480. The van der Waals surface area contributed by atoms with Gasteiger partial charge in [0.1, 0.15) is 28.6 Å². The monoisotopic (exact) mass is 611 g/mol. The molecule has 10 nitrogen and oxygen atoms in total. The number of hydrogen-bond acceptors (Lipinski definition) is 10. The van der Waals surface area contributed by atoms with Crippen molar-refractivity contribution >= 4 is 46.1 Å². The SMILES string of the molecule is COc1cc(N2CC[C@@H](N(C)C)C2)c(N=O)cc1Nc1ncc(C(F)(F)F)c(Nc2cc(Cl)c(F)cc2C(C)(C)O)n1. The number of nitroso groups, excluding NO2 is 1. The lowest BCUT2D eigenvalue weighted by atomic mass is 9.96. The van der Waals surface area contributed by atoms with E-state index in [4.69, 9.17) is 16.3 Å². The highest BCUT2D eigenvalue weighted by atomic mass is 35.5. The average Bonchev–Trinajstić information content (AvgIpc) is 3.40. The van der Waals surface area contributed by atoms with E-state index in [1.807, 2.05) is 19.0 Å². The minimum Gasteiger partial charge on any atom is -0.494 e. The topological polar surface area (TPSA) is 115 Å². The predicted octanol–water partition coefficient (Wildman–Crippen LogP) is 6.55. The average molecular weight is 612 g/mol. The normalized spacial score (nSPS) is 15.7. The molecule has 3 N–H and O–H groups in total. The molecular weight excluding hydrogens is 582 g/mol. The standard InChI is InChI=1S/C27H30ClF4N7O3/c1-26(2,40)15-8-18(29)17(28)9-19(15)34-24-16(27(30,31)32)12-33-25(36-24)35-21-10-20(37-41)22(11-23(21)42-5)39-7-6-14(13-39)38(3)4/h8-12,14,40H,6-7,13H2,1-5H3,(H2,33,34,35,36)/t14-/m1/s1. The van der Waals surface area contributed by atoms with Crippen LogP contribution in [0.25, 0.3) is 0 Å². The Morgan fingerprint density at radius 1 is 1.14 bits per heavy atom. The largest absolute Gasteiger partial charge is 0.494 e. The van der Waals surface area contributed by atoms with Crippen LogP contribution >= 0.6 is 11.6 Å². The van der Waals surface area contributed by atoms with Crippen LogP contribution in [0.2, 0.25) is 5.02 Å². The quantitative estimate of drug-likeness (QED) is 0.183. The molecule has 0 radical (unpaired) electrons. The molecule has 2 aromatic carbocycles. The van der Waals surface area contributed by atoms with Crippen molar-refractivity contribution < 1.29 is 27.4 Å². The van der Waals surface area contributed by atoms with Crippen molar-refractivity contribution in [2.24, 2.45) is 5.18 Å². The van der Waals surface area contributed by atoms with Gasteiger partial charge >= 0.3 is 6.18 Å². The number of hydrogen-bond donors (Lipinski definition) is 3. The van der Waals surface area contributed by atoms with Crippen LogP contribution in [0.1, 0.15) is 31.4 Å². The van der Waals surface area contributed by atoms with E-state index in [0.29, 0.717) is 25.0 Å². The smallest absolute Gasteiger partial charge is 0.421 e. The molecule has 4 rings (SSSR count). The number of methoxy groups -OCH3 is 1. The second-order valence-corrected chi connectivity index (χ2v) is 11.0. The number of likely N-dealkylation sites (N-methyl/N-ethyl adjacent to an activating group) is 1. The number of anilines is 5. The minimum atomic E-state index is -4.87. The molecule has 3 aromatic rings. The van der Waals surface area contributed by atoms with Crippen LogP contribution in [-0.4, -0.2) is 60.3 Å². The molecule has 0 aliphatic carbocycles. The van der Waals surface area contributed by atoms with Crippen LogP contribution in [0.5, 0.6) is 5.75 Å². The molecule has 1 aliphatic rings. The maximum absolute atomic E-state index is 14.2. The van der Waals surface area contributed by atoms with E-state index < -0.39 is 29.0 Å². The fraction of sp³-hybridized carbons (Fsp3) is 0.407. The van der Waals surface area contributed by atoms with Crippen LogP contribution in [0.3, 0.4) is 0 Å². The molecule has 2 heterocycles. The van der Waals surface area contributed by atoms with E-state index in [-0.39, 0.29) is 45.4 Å². The van der Waals surface area contributed by atoms with Crippen molar-refractivity contribution in [3.63, 3.8) is 0 Å². The third-order valence-corrected chi connectivity index (χ3v) is 7.23. The number of nitrogens with one attached hydrogen (secondary N) is 2. The number of rotatable bonds is 9. The summed E-state index contributed by atoms with van der Waals surface area (Å²) in [6.45, 7) is 4.05. The summed E-state index contributed by atoms with van der Waals surface area (Å²) in [6, 6.07) is 5.30. The summed E-state index contributed by atoms with van der Waals surface area (Å²) >= 11 is 5.90. The van der Waals surface area contributed by atoms with Gasteiger partial charge in [0.25, 0.3) is 0 Å². The third-order valence-electron chi connectivity index (χ3n) is 6.94. The Hall–Kier alpha value is -3.75. The summed E-state index contributed by atoms with van der Waals surface area (Å²) < 4.78 is 61.5. The number of ether oxygens (including phenoxy) is 1. The van der Waals surface area contributed by atoms with E-state index in [9.17, 15) is 27.6 Å². The first-order valence-electron chi connectivity index (χ1n) is 12.8. The van der Waals surface area contributed by atoms with E-state index in [1.165, 1.54) is 27.0 Å². The van der Waals surface area contributed by atoms with Gasteiger partial charge in [-0.15, -0.1) is 4.91 Å². The van der Waals surface area contributed by atoms with Crippen molar-refractivity contribution in [3.05, 3.63) is 57.3 Å². The molecule has 15 heteroatoms. The van der Waals surface area contributed by atoms with Crippen molar-refractivity contribution in [1.82, 2.24) is 14.9 Å². The van der Waals surface area contributed by atoms with Gasteiger partial charge in [0.15, 0.2) is 0 Å². The van der Waals surface area contributed by atoms with Crippen LogP contribution < -0.4 is 20.3 Å². The van der Waals surface area contributed by atoms with Gasteiger partial charge in [-0.25, -0.2) is 9.37 Å². The van der Waals surface area contributed by atoms with Crippen molar-refractivity contribution in [1.29, 1.82) is 0 Å². The van der Waals surface area contributed by atoms with Gasteiger partial charge in [-0.1, -0.05) is 11.6 Å². The number of halogens is 5. The highest BCUT2D eigenvalue weighted by molar-refractivity contribution is 6.31. The van der Waals surface area contributed by atoms with Crippen LogP contribution in [0.15, 0.2) is 35.6 Å². The number of alkyl halides is 3. The highest BCUT2D eigenvalue weighted by Gasteiger charge is 2.36. The zero-order valence-corrected chi connectivity index (χ0v) is 24.2. The molecule has 1 saturated heterocycles. The zero-order valence-electron chi connectivity index (χ0n) is 23.5. The first-order chi connectivity index (χ1) is 19.6. The van der Waals surface area contributed by atoms with Crippen LogP contribution in [0.4, 0.5) is 52.1 Å². The maximum Gasteiger partial charge on any atom is 0.421 e. The van der Waals surface area contributed by atoms with Gasteiger partial charge in [0, 0.05) is 42.6 Å². The fourth-order valence-corrected chi connectivity index (χ4v) is 4.85. The summed E-state index contributed by atoms with van der Waals surface area (Å²) in [7, 11) is 5.36. The van der Waals surface area contributed by atoms with Gasteiger partial charge < -0.3 is 30.3 Å². The van der Waals surface area contributed by atoms with Crippen molar-refractivity contribution in [2.75, 3.05) is 49.8 Å². The number of nitrogens with zero attached hydrogens (tertiary/aromatic N) is 5. The highest BCUT2D eigenvalue weighted by Crippen LogP contribution is 2.42. The minimum absolute atomic E-state index is 0.0528. The molecule has 0 spiro atoms. The fourth-order valence-electron chi connectivity index (χ4n) is 4.68. The molecule has 0 saturated carbocycles. The predicted molar refractivity (Wildman–Crippen MR) is 153 cm³/mol. The lowest BCUT2D eigenvalue weighted by Gasteiger charge is -2.24. The Kier molecular flexibility index (Phi) is 8.81. The molecule has 226 valence electrons. The molecule has 1 fully saturated rings. The molecule has 0 unspecified atom stereocenters. The zero-order chi connectivity index (χ0) is 31.0. The molecule has 0 bridgehead atoms. The van der Waals surface area contributed by atoms with E-state index in [0.717, 1.165) is 18.6 Å². The van der Waals surface area contributed by atoms with Gasteiger partial charge in [-0.3, -0.25) is 0 Å². The Morgan fingerprint density at radius 2 is 1.86 bits per heavy atom. The van der Waals surface area contributed by atoms with E-state index >= 15 is 0 Å². The van der Waals surface area contributed by atoms with Gasteiger partial charge in [-0.2, -0.15) is 18.2 Å². The van der Waals surface area contributed by atoms with Crippen molar-refractivity contribution in [3.8, 4) is 5.75 Å². The second kappa shape index (κ2) is 11.9. The molecule has 0 amide bonds. The molecule has 42 heavy (non-hydrogen) atoms. The number of aliphatic hydroxyl groups is 1. The third kappa shape index (κ3) is 6.66. The first kappa shape index (κ1) is 31.2. The van der Waals surface area contributed by atoms with Crippen LogP contribution in [0, 0.1) is 10.7 Å². The Balaban J connectivity index is 1.73. The number of aromatic nitrogens is 2.